The summed E-state index contributed by atoms with van der Waals surface area (Å²) in [5, 5.41) is 10.2. The summed E-state index contributed by atoms with van der Waals surface area (Å²) in [5.74, 6) is 0.240. The fourth-order valence-electron chi connectivity index (χ4n) is 1.74. The minimum absolute atomic E-state index is 0.434. The average molecular weight is 318 g/mol. The number of amides is 1. The lowest BCUT2D eigenvalue weighted by molar-refractivity contribution is -0.153. The van der Waals surface area contributed by atoms with E-state index in [1.807, 2.05) is 48.5 Å². The van der Waals surface area contributed by atoms with Gasteiger partial charge in [-0.2, -0.15) is 0 Å². The molecule has 0 aliphatic carbocycles. The molecule has 2 aromatic rings. The third-order valence-electron chi connectivity index (χ3n) is 2.91. The summed E-state index contributed by atoms with van der Waals surface area (Å²) in [6, 6.07) is 14.8. The number of likely N-dealkylation sites (N-methyl/N-ethyl adjacent to an activating group) is 1. The Kier molecular flexibility index (Phi) is 5.58. The van der Waals surface area contributed by atoms with Gasteiger partial charge in [-0.3, -0.25) is 10.0 Å². The highest BCUT2D eigenvalue weighted by Crippen LogP contribution is 2.16. The van der Waals surface area contributed by atoms with Crippen LogP contribution in [0.2, 0.25) is 5.02 Å². The predicted octanol–water partition coefficient (Wildman–Crippen LogP) is 3.78. The van der Waals surface area contributed by atoms with E-state index in [0.29, 0.717) is 16.7 Å². The van der Waals surface area contributed by atoms with Gasteiger partial charge in [0.05, 0.1) is 0 Å². The fraction of sp³-hybridized carbons (Fsp3) is 0.118. The third-order valence-corrected chi connectivity index (χ3v) is 3.15. The molecule has 114 valence electrons. The maximum atomic E-state index is 11.2. The van der Waals surface area contributed by atoms with E-state index in [-0.39, 0.29) is 0 Å². The van der Waals surface area contributed by atoms with Crippen molar-refractivity contribution >= 4 is 23.6 Å². The van der Waals surface area contributed by atoms with Crippen molar-refractivity contribution in [3.05, 3.63) is 70.8 Å². The highest BCUT2D eigenvalue weighted by atomic mass is 35.5. The molecule has 5 heteroatoms. The van der Waals surface area contributed by atoms with Gasteiger partial charge in [0.25, 0.3) is 5.91 Å². The Labute approximate surface area is 134 Å². The highest BCUT2D eigenvalue weighted by Gasteiger charge is 2.00. The molecule has 2 rings (SSSR count). The molecule has 0 saturated heterocycles. The largest absolute Gasteiger partial charge is 0.489 e. The number of carbonyl (C=O) groups is 1. The summed E-state index contributed by atoms with van der Waals surface area (Å²) in [5.41, 5.74) is 1.83. The highest BCUT2D eigenvalue weighted by molar-refractivity contribution is 6.30. The van der Waals surface area contributed by atoms with Gasteiger partial charge in [-0.05, 0) is 41.5 Å². The van der Waals surface area contributed by atoms with Crippen LogP contribution in [0.1, 0.15) is 11.1 Å². The zero-order valence-electron chi connectivity index (χ0n) is 12.1. The summed E-state index contributed by atoms with van der Waals surface area (Å²) in [6.45, 7) is 0.434. The van der Waals surface area contributed by atoms with Crippen molar-refractivity contribution in [1.82, 2.24) is 5.06 Å². The maximum absolute atomic E-state index is 11.2. The SMILES string of the molecule is CN(O)C(=O)/C=C/c1ccc(OCc2cccc(Cl)c2)cc1. The van der Waals surface area contributed by atoms with E-state index in [9.17, 15) is 4.79 Å². The molecule has 2 aromatic carbocycles. The lowest BCUT2D eigenvalue weighted by Crippen LogP contribution is -2.19. The molecule has 1 N–H and O–H groups in total. The first-order valence-electron chi connectivity index (χ1n) is 6.66. The van der Waals surface area contributed by atoms with Gasteiger partial charge in [0.2, 0.25) is 0 Å². The lowest BCUT2D eigenvalue weighted by atomic mass is 10.2. The monoisotopic (exact) mass is 317 g/mol. The molecule has 4 nitrogen and oxygen atoms in total. The van der Waals surface area contributed by atoms with Crippen LogP contribution in [0.4, 0.5) is 0 Å². The minimum atomic E-state index is -0.485. The molecule has 0 aromatic heterocycles. The summed E-state index contributed by atoms with van der Waals surface area (Å²) in [4.78, 5) is 11.2. The van der Waals surface area contributed by atoms with Crippen molar-refractivity contribution in [3.8, 4) is 5.75 Å². The van der Waals surface area contributed by atoms with E-state index in [0.717, 1.165) is 16.9 Å². The Balaban J connectivity index is 1.93. The number of hydrogen-bond donors (Lipinski definition) is 1. The van der Waals surface area contributed by atoms with E-state index in [1.54, 1.807) is 6.08 Å². The molecular formula is C17H16ClNO3. The molecule has 0 saturated carbocycles. The van der Waals surface area contributed by atoms with Gasteiger partial charge in [-0.15, -0.1) is 0 Å². The zero-order chi connectivity index (χ0) is 15.9. The first-order valence-corrected chi connectivity index (χ1v) is 7.04. The van der Waals surface area contributed by atoms with Gasteiger partial charge in [-0.1, -0.05) is 35.9 Å². The number of benzene rings is 2. The van der Waals surface area contributed by atoms with Crippen LogP contribution in [0.3, 0.4) is 0 Å². The summed E-state index contributed by atoms with van der Waals surface area (Å²) in [7, 11) is 1.28. The molecule has 22 heavy (non-hydrogen) atoms. The molecule has 0 bridgehead atoms. The maximum Gasteiger partial charge on any atom is 0.269 e. The van der Waals surface area contributed by atoms with E-state index in [2.05, 4.69) is 0 Å². The van der Waals surface area contributed by atoms with Crippen molar-refractivity contribution in [2.45, 2.75) is 6.61 Å². The first-order chi connectivity index (χ1) is 10.5. The van der Waals surface area contributed by atoms with Crippen molar-refractivity contribution in [3.63, 3.8) is 0 Å². The van der Waals surface area contributed by atoms with Crippen molar-refractivity contribution in [2.24, 2.45) is 0 Å². The Morgan fingerprint density at radius 2 is 2.00 bits per heavy atom. The normalized spacial score (nSPS) is 10.7. The Morgan fingerprint density at radius 3 is 2.64 bits per heavy atom. The van der Waals surface area contributed by atoms with Crippen LogP contribution in [-0.4, -0.2) is 23.2 Å². The summed E-state index contributed by atoms with van der Waals surface area (Å²) >= 11 is 5.92. The fourth-order valence-corrected chi connectivity index (χ4v) is 1.96. The summed E-state index contributed by atoms with van der Waals surface area (Å²) < 4.78 is 5.67. The Morgan fingerprint density at radius 1 is 1.27 bits per heavy atom. The molecule has 0 aliphatic rings. The van der Waals surface area contributed by atoms with Gasteiger partial charge in [0.1, 0.15) is 12.4 Å². The lowest BCUT2D eigenvalue weighted by Gasteiger charge is -2.07. The van der Waals surface area contributed by atoms with Gasteiger partial charge in [0, 0.05) is 18.1 Å². The van der Waals surface area contributed by atoms with Crippen LogP contribution in [0.5, 0.6) is 5.75 Å². The first kappa shape index (κ1) is 16.1. The standard InChI is InChI=1S/C17H16ClNO3/c1-19(21)17(20)10-7-13-5-8-16(9-6-13)22-12-14-3-2-4-15(18)11-14/h2-11,21H,12H2,1H3/b10-7+. The topological polar surface area (TPSA) is 49.8 Å². The smallest absolute Gasteiger partial charge is 0.269 e. The molecule has 0 fully saturated rings. The van der Waals surface area contributed by atoms with Crippen molar-refractivity contribution in [1.29, 1.82) is 0 Å². The molecule has 0 spiro atoms. The van der Waals surface area contributed by atoms with Crippen molar-refractivity contribution in [2.75, 3.05) is 7.05 Å². The van der Waals surface area contributed by atoms with Crippen LogP contribution in [0.15, 0.2) is 54.6 Å². The second kappa shape index (κ2) is 7.64. The predicted molar refractivity (Wildman–Crippen MR) is 85.8 cm³/mol. The number of hydrogen-bond acceptors (Lipinski definition) is 3. The van der Waals surface area contributed by atoms with Crippen LogP contribution in [0.25, 0.3) is 6.08 Å². The Hall–Kier alpha value is -2.30. The zero-order valence-corrected chi connectivity index (χ0v) is 12.8. The molecule has 0 aliphatic heterocycles. The number of halogens is 1. The third kappa shape index (κ3) is 4.91. The van der Waals surface area contributed by atoms with Crippen LogP contribution in [0, 0.1) is 0 Å². The van der Waals surface area contributed by atoms with Crippen molar-refractivity contribution < 1.29 is 14.7 Å². The van der Waals surface area contributed by atoms with Gasteiger partial charge in [0.15, 0.2) is 0 Å². The quantitative estimate of drug-likeness (QED) is 0.518. The van der Waals surface area contributed by atoms with E-state index >= 15 is 0 Å². The number of carbonyl (C=O) groups excluding carboxylic acids is 1. The summed E-state index contributed by atoms with van der Waals surface area (Å²) in [6.07, 6.45) is 2.91. The molecule has 0 atom stereocenters. The van der Waals surface area contributed by atoms with Crippen LogP contribution < -0.4 is 4.74 Å². The number of hydroxylamine groups is 2. The van der Waals surface area contributed by atoms with Gasteiger partial charge >= 0.3 is 0 Å². The molecular weight excluding hydrogens is 302 g/mol. The van der Waals surface area contributed by atoms with Crippen LogP contribution >= 0.6 is 11.6 Å². The van der Waals surface area contributed by atoms with E-state index < -0.39 is 5.91 Å². The molecule has 0 radical (unpaired) electrons. The van der Waals surface area contributed by atoms with E-state index in [1.165, 1.54) is 13.1 Å². The minimum Gasteiger partial charge on any atom is -0.489 e. The molecule has 0 heterocycles. The number of ether oxygens (including phenoxy) is 1. The van der Waals surface area contributed by atoms with Gasteiger partial charge in [-0.25, -0.2) is 5.06 Å². The van der Waals surface area contributed by atoms with Crippen LogP contribution in [-0.2, 0) is 11.4 Å². The Bertz CT molecular complexity index is 666. The van der Waals surface area contributed by atoms with Gasteiger partial charge < -0.3 is 4.74 Å². The number of nitrogens with zero attached hydrogens (tertiary/aromatic N) is 1. The second-order valence-corrected chi connectivity index (χ2v) is 5.12. The number of rotatable bonds is 5. The average Bonchev–Trinajstić information content (AvgIpc) is 2.51. The molecule has 0 unspecified atom stereocenters. The van der Waals surface area contributed by atoms with E-state index in [4.69, 9.17) is 21.5 Å². The molecule has 1 amide bonds. The second-order valence-electron chi connectivity index (χ2n) is 4.68.